The van der Waals surface area contributed by atoms with Crippen molar-refractivity contribution in [3.63, 3.8) is 0 Å². The van der Waals surface area contributed by atoms with E-state index in [4.69, 9.17) is 0 Å². The number of nitrogens with one attached hydrogen (secondary N) is 3. The molecule has 0 bridgehead atoms. The molecule has 0 aliphatic carbocycles. The zero-order chi connectivity index (χ0) is 21.7. The molecule has 3 rings (SSSR count). The lowest BCUT2D eigenvalue weighted by Crippen LogP contribution is -2.55. The molecular weight excluding hydrogens is 374 g/mol. The van der Waals surface area contributed by atoms with Gasteiger partial charge in [-0.25, -0.2) is 0 Å². The van der Waals surface area contributed by atoms with Crippen LogP contribution < -0.4 is 16.0 Å². The summed E-state index contributed by atoms with van der Waals surface area (Å²) in [4.78, 5) is 26.0. The molecule has 0 unspecified atom stereocenters. The van der Waals surface area contributed by atoms with Gasteiger partial charge in [0, 0.05) is 12.2 Å². The van der Waals surface area contributed by atoms with Crippen molar-refractivity contribution in [2.75, 3.05) is 5.32 Å². The highest BCUT2D eigenvalue weighted by molar-refractivity contribution is 5.98. The Morgan fingerprint density at radius 2 is 1.70 bits per heavy atom. The van der Waals surface area contributed by atoms with Gasteiger partial charge >= 0.3 is 0 Å². The highest BCUT2D eigenvalue weighted by Crippen LogP contribution is 2.19. The fourth-order valence-electron chi connectivity index (χ4n) is 3.77. The molecule has 2 aromatic carbocycles. The van der Waals surface area contributed by atoms with Crippen LogP contribution >= 0.6 is 0 Å². The summed E-state index contributed by atoms with van der Waals surface area (Å²) in [6.07, 6.45) is 1.43. The van der Waals surface area contributed by atoms with E-state index >= 15 is 0 Å². The number of carbonyl (C=O) groups excluding carboxylic acids is 2. The van der Waals surface area contributed by atoms with Gasteiger partial charge in [-0.05, 0) is 47.1 Å². The van der Waals surface area contributed by atoms with Crippen LogP contribution in [0.15, 0.2) is 48.5 Å². The average molecular weight is 408 g/mol. The molecule has 2 amide bonds. The Balaban J connectivity index is 1.66. The van der Waals surface area contributed by atoms with Crippen molar-refractivity contribution in [1.29, 1.82) is 0 Å². The molecule has 1 aliphatic heterocycles. The van der Waals surface area contributed by atoms with Gasteiger partial charge in [-0.15, -0.1) is 0 Å². The molecule has 0 aromatic heterocycles. The minimum Gasteiger partial charge on any atom is -0.343 e. The summed E-state index contributed by atoms with van der Waals surface area (Å²) < 4.78 is 0. The minimum absolute atomic E-state index is 0.0276. The molecule has 3 N–H and O–H groups in total. The van der Waals surface area contributed by atoms with Gasteiger partial charge in [-0.1, -0.05) is 70.5 Å². The van der Waals surface area contributed by atoms with Crippen LogP contribution in [0.25, 0.3) is 0 Å². The largest absolute Gasteiger partial charge is 0.343 e. The first kappa shape index (κ1) is 22.0. The third kappa shape index (κ3) is 5.28. The van der Waals surface area contributed by atoms with Gasteiger partial charge in [0.2, 0.25) is 11.8 Å². The quantitative estimate of drug-likeness (QED) is 0.650. The van der Waals surface area contributed by atoms with E-state index < -0.39 is 6.04 Å². The Morgan fingerprint density at radius 1 is 1.03 bits per heavy atom. The number of amides is 2. The number of carbonyl (C=O) groups is 2. The lowest BCUT2D eigenvalue weighted by Gasteiger charge is -2.29. The molecule has 0 spiro atoms. The maximum absolute atomic E-state index is 13.0. The van der Waals surface area contributed by atoms with Gasteiger partial charge in [-0.2, -0.15) is 0 Å². The van der Waals surface area contributed by atoms with Gasteiger partial charge in [0.1, 0.15) is 6.04 Å². The third-order valence-electron chi connectivity index (χ3n) is 6.04. The predicted octanol–water partition coefficient (Wildman–Crippen LogP) is 3.99. The van der Waals surface area contributed by atoms with Crippen LogP contribution in [0.4, 0.5) is 5.69 Å². The molecule has 2 aromatic rings. The Morgan fingerprint density at radius 3 is 2.33 bits per heavy atom. The summed E-state index contributed by atoms with van der Waals surface area (Å²) in [5.74, 6) is 0.168. The van der Waals surface area contributed by atoms with Crippen molar-refractivity contribution in [3.8, 4) is 0 Å². The fourth-order valence-corrected chi connectivity index (χ4v) is 3.77. The van der Waals surface area contributed by atoms with E-state index in [9.17, 15) is 9.59 Å². The smallest absolute Gasteiger partial charge is 0.247 e. The molecule has 160 valence electrons. The first-order valence-corrected chi connectivity index (χ1v) is 10.9. The van der Waals surface area contributed by atoms with E-state index in [0.29, 0.717) is 18.9 Å². The summed E-state index contributed by atoms with van der Waals surface area (Å²) >= 11 is 0. The monoisotopic (exact) mass is 407 g/mol. The highest BCUT2D eigenvalue weighted by atomic mass is 16.2. The van der Waals surface area contributed by atoms with Crippen LogP contribution in [0.3, 0.4) is 0 Å². The Hall–Kier alpha value is -2.66. The number of fused-ring (bicyclic) bond motifs is 1. The van der Waals surface area contributed by atoms with E-state index in [-0.39, 0.29) is 23.8 Å². The van der Waals surface area contributed by atoms with Gasteiger partial charge < -0.3 is 16.0 Å². The van der Waals surface area contributed by atoms with Crippen molar-refractivity contribution in [2.45, 2.75) is 65.1 Å². The van der Waals surface area contributed by atoms with Crippen molar-refractivity contribution >= 4 is 17.5 Å². The molecular formula is C25H33N3O2. The zero-order valence-corrected chi connectivity index (χ0v) is 18.4. The topological polar surface area (TPSA) is 70.2 Å². The molecule has 1 heterocycles. The second kappa shape index (κ2) is 9.90. The van der Waals surface area contributed by atoms with Gasteiger partial charge in [0.05, 0.1) is 6.04 Å². The van der Waals surface area contributed by atoms with Crippen LogP contribution in [0.5, 0.6) is 0 Å². The molecule has 3 atom stereocenters. The van der Waals surface area contributed by atoms with E-state index in [0.717, 1.165) is 12.1 Å². The zero-order valence-electron chi connectivity index (χ0n) is 18.4. The standard InChI is InChI=1S/C25H33N3O2/c1-5-17(4)23(25(30)27-21-12-10-18(11-13-21)16(2)3)28-24(29)22-14-19-8-6-7-9-20(19)15-26-22/h6-13,16-17,22-23,26H,5,14-15H2,1-4H3,(H,27,30)(H,28,29)/t17-,22+,23-/m0/s1. The fraction of sp³-hybridized carbons (Fsp3) is 0.440. The maximum Gasteiger partial charge on any atom is 0.247 e. The normalized spacial score (nSPS) is 17.7. The molecule has 0 fully saturated rings. The summed E-state index contributed by atoms with van der Waals surface area (Å²) in [6.45, 7) is 8.97. The van der Waals surface area contributed by atoms with Crippen molar-refractivity contribution in [3.05, 3.63) is 65.2 Å². The van der Waals surface area contributed by atoms with E-state index in [1.54, 1.807) is 0 Å². The van der Waals surface area contributed by atoms with Crippen LogP contribution in [-0.4, -0.2) is 23.9 Å². The molecule has 0 saturated heterocycles. The second-order valence-electron chi connectivity index (χ2n) is 8.54. The van der Waals surface area contributed by atoms with Crippen molar-refractivity contribution < 1.29 is 9.59 Å². The highest BCUT2D eigenvalue weighted by Gasteiger charge is 2.30. The van der Waals surface area contributed by atoms with Crippen LogP contribution in [0.1, 0.15) is 56.7 Å². The maximum atomic E-state index is 13.0. The Labute approximate surface area is 179 Å². The van der Waals surface area contributed by atoms with Crippen molar-refractivity contribution in [1.82, 2.24) is 10.6 Å². The molecule has 1 aliphatic rings. The van der Waals surface area contributed by atoms with E-state index in [2.05, 4.69) is 41.9 Å². The Kier molecular flexibility index (Phi) is 7.27. The number of hydrogen-bond donors (Lipinski definition) is 3. The molecule has 0 saturated carbocycles. The lowest BCUT2D eigenvalue weighted by molar-refractivity contribution is -0.129. The Bertz CT molecular complexity index is 876. The number of benzene rings is 2. The van der Waals surface area contributed by atoms with Crippen LogP contribution in [0, 0.1) is 5.92 Å². The number of anilines is 1. The third-order valence-corrected chi connectivity index (χ3v) is 6.04. The summed E-state index contributed by atoms with van der Waals surface area (Å²) in [5.41, 5.74) is 4.38. The minimum atomic E-state index is -0.578. The summed E-state index contributed by atoms with van der Waals surface area (Å²) in [7, 11) is 0. The first-order valence-electron chi connectivity index (χ1n) is 10.9. The van der Waals surface area contributed by atoms with Crippen LogP contribution in [0.2, 0.25) is 0 Å². The van der Waals surface area contributed by atoms with Crippen molar-refractivity contribution in [2.24, 2.45) is 5.92 Å². The molecule has 0 radical (unpaired) electrons. The SMILES string of the molecule is CC[C@H](C)[C@H](NC(=O)[C@H]1Cc2ccccc2CN1)C(=O)Nc1ccc(C(C)C)cc1. The molecule has 5 heteroatoms. The number of hydrogen-bond acceptors (Lipinski definition) is 3. The molecule has 30 heavy (non-hydrogen) atoms. The lowest BCUT2D eigenvalue weighted by atomic mass is 9.94. The van der Waals surface area contributed by atoms with Crippen LogP contribution in [-0.2, 0) is 22.6 Å². The van der Waals surface area contributed by atoms with Gasteiger partial charge in [0.15, 0.2) is 0 Å². The van der Waals surface area contributed by atoms with E-state index in [1.165, 1.54) is 16.7 Å². The van der Waals surface area contributed by atoms with Gasteiger partial charge in [0.25, 0.3) is 0 Å². The summed E-state index contributed by atoms with van der Waals surface area (Å²) in [5, 5.41) is 9.28. The number of rotatable bonds is 7. The first-order chi connectivity index (χ1) is 14.4. The predicted molar refractivity (Wildman–Crippen MR) is 121 cm³/mol. The molecule has 5 nitrogen and oxygen atoms in total. The summed E-state index contributed by atoms with van der Waals surface area (Å²) in [6, 6.07) is 15.1. The second-order valence-corrected chi connectivity index (χ2v) is 8.54. The van der Waals surface area contributed by atoms with Gasteiger partial charge in [-0.3, -0.25) is 9.59 Å². The average Bonchev–Trinajstić information content (AvgIpc) is 2.76. The van der Waals surface area contributed by atoms with E-state index in [1.807, 2.05) is 50.2 Å².